The van der Waals surface area contributed by atoms with Gasteiger partial charge in [-0.25, -0.2) is 0 Å². The average Bonchev–Trinajstić information content (AvgIpc) is 3.41. The van der Waals surface area contributed by atoms with Crippen LogP contribution in [0.1, 0.15) is 56.1 Å². The summed E-state index contributed by atoms with van der Waals surface area (Å²) >= 11 is 0. The summed E-state index contributed by atoms with van der Waals surface area (Å²) < 4.78 is 0. The molecule has 2 amide bonds. The van der Waals surface area contributed by atoms with Crippen LogP contribution in [0.3, 0.4) is 0 Å². The number of hydrogen-bond acceptors (Lipinski definition) is 2. The van der Waals surface area contributed by atoms with Crippen molar-refractivity contribution in [2.75, 3.05) is 11.9 Å². The SMILES string of the molecule is Cc1cccc(C)c1NC(=O)C1(C(=O)NCCC2=CCCCC2)CC1. The number of nitrogens with one attached hydrogen (secondary N) is 2. The summed E-state index contributed by atoms with van der Waals surface area (Å²) in [5.74, 6) is -0.285. The third-order valence-corrected chi connectivity index (χ3v) is 5.46. The summed E-state index contributed by atoms with van der Waals surface area (Å²) in [6, 6.07) is 5.92. The van der Waals surface area contributed by atoms with Gasteiger partial charge in [0.15, 0.2) is 0 Å². The van der Waals surface area contributed by atoms with Gasteiger partial charge in [-0.15, -0.1) is 0 Å². The molecule has 0 unspecified atom stereocenters. The summed E-state index contributed by atoms with van der Waals surface area (Å²) in [5.41, 5.74) is 3.45. The molecule has 134 valence electrons. The highest BCUT2D eigenvalue weighted by atomic mass is 16.2. The van der Waals surface area contributed by atoms with Gasteiger partial charge in [0.25, 0.3) is 0 Å². The third kappa shape index (κ3) is 3.94. The largest absolute Gasteiger partial charge is 0.355 e. The van der Waals surface area contributed by atoms with Gasteiger partial charge in [0.05, 0.1) is 0 Å². The molecule has 1 saturated carbocycles. The molecular formula is C21H28N2O2. The van der Waals surface area contributed by atoms with Crippen LogP contribution in [0.5, 0.6) is 0 Å². The lowest BCUT2D eigenvalue weighted by atomic mass is 9.97. The number of benzene rings is 1. The highest BCUT2D eigenvalue weighted by Crippen LogP contribution is 2.47. The van der Waals surface area contributed by atoms with Crippen molar-refractivity contribution in [3.63, 3.8) is 0 Å². The van der Waals surface area contributed by atoms with Crippen LogP contribution in [0.15, 0.2) is 29.8 Å². The van der Waals surface area contributed by atoms with Crippen molar-refractivity contribution in [3.8, 4) is 0 Å². The molecule has 2 aliphatic carbocycles. The smallest absolute Gasteiger partial charge is 0.240 e. The van der Waals surface area contributed by atoms with Crippen LogP contribution >= 0.6 is 0 Å². The fourth-order valence-corrected chi connectivity index (χ4v) is 3.56. The maximum absolute atomic E-state index is 12.7. The van der Waals surface area contributed by atoms with Crippen molar-refractivity contribution in [1.29, 1.82) is 0 Å². The van der Waals surface area contributed by atoms with Crippen molar-refractivity contribution in [1.82, 2.24) is 5.32 Å². The molecule has 2 N–H and O–H groups in total. The van der Waals surface area contributed by atoms with Gasteiger partial charge in [-0.3, -0.25) is 9.59 Å². The number of hydrogen-bond donors (Lipinski definition) is 2. The highest BCUT2D eigenvalue weighted by Gasteiger charge is 2.56. The zero-order valence-electron chi connectivity index (χ0n) is 15.3. The summed E-state index contributed by atoms with van der Waals surface area (Å²) in [7, 11) is 0. The normalized spacial score (nSPS) is 18.2. The van der Waals surface area contributed by atoms with Crippen LogP contribution in [0.25, 0.3) is 0 Å². The number of aryl methyl sites for hydroxylation is 2. The molecule has 0 aliphatic heterocycles. The first-order valence-corrected chi connectivity index (χ1v) is 9.37. The molecule has 1 fully saturated rings. The number of allylic oxidation sites excluding steroid dienone is 1. The molecule has 4 nitrogen and oxygen atoms in total. The van der Waals surface area contributed by atoms with Gasteiger partial charge in [0, 0.05) is 12.2 Å². The van der Waals surface area contributed by atoms with Crippen LogP contribution in [0.2, 0.25) is 0 Å². The zero-order chi connectivity index (χ0) is 17.9. The number of carbonyl (C=O) groups excluding carboxylic acids is 2. The molecule has 0 saturated heterocycles. The summed E-state index contributed by atoms with van der Waals surface area (Å²) in [5, 5.41) is 5.98. The molecule has 25 heavy (non-hydrogen) atoms. The van der Waals surface area contributed by atoms with Crippen LogP contribution in [-0.4, -0.2) is 18.4 Å². The molecule has 2 aliphatic rings. The molecule has 0 aromatic heterocycles. The van der Waals surface area contributed by atoms with Gasteiger partial charge in [-0.05, 0) is 69.9 Å². The minimum atomic E-state index is -0.865. The number of anilines is 1. The number of rotatable bonds is 6. The van der Waals surface area contributed by atoms with Gasteiger partial charge >= 0.3 is 0 Å². The lowest BCUT2D eigenvalue weighted by Crippen LogP contribution is -2.40. The van der Waals surface area contributed by atoms with Crippen LogP contribution in [-0.2, 0) is 9.59 Å². The Morgan fingerprint density at radius 2 is 1.80 bits per heavy atom. The number of amides is 2. The third-order valence-electron chi connectivity index (χ3n) is 5.46. The predicted molar refractivity (Wildman–Crippen MR) is 100 cm³/mol. The Morgan fingerprint density at radius 3 is 2.40 bits per heavy atom. The molecular weight excluding hydrogens is 312 g/mol. The second-order valence-corrected chi connectivity index (χ2v) is 7.42. The lowest BCUT2D eigenvalue weighted by Gasteiger charge is -2.18. The Bertz CT molecular complexity index is 682. The first-order valence-electron chi connectivity index (χ1n) is 9.37. The summed E-state index contributed by atoms with van der Waals surface area (Å²) in [6.45, 7) is 4.57. The van der Waals surface area contributed by atoms with E-state index in [2.05, 4.69) is 16.7 Å². The van der Waals surface area contributed by atoms with Gasteiger partial charge in [0.2, 0.25) is 11.8 Å². The fraction of sp³-hybridized carbons (Fsp3) is 0.524. The molecule has 0 atom stereocenters. The molecule has 0 spiro atoms. The van der Waals surface area contributed by atoms with Crippen LogP contribution in [0, 0.1) is 19.3 Å². The first kappa shape index (κ1) is 17.7. The van der Waals surface area contributed by atoms with Gasteiger partial charge < -0.3 is 10.6 Å². The van der Waals surface area contributed by atoms with E-state index in [0.29, 0.717) is 19.4 Å². The van der Waals surface area contributed by atoms with E-state index < -0.39 is 5.41 Å². The van der Waals surface area contributed by atoms with Crippen molar-refractivity contribution >= 4 is 17.5 Å². The molecule has 1 aromatic carbocycles. The van der Waals surface area contributed by atoms with Crippen LogP contribution < -0.4 is 10.6 Å². The number of para-hydroxylation sites is 1. The molecule has 3 rings (SSSR count). The Hall–Kier alpha value is -2.10. The van der Waals surface area contributed by atoms with E-state index in [0.717, 1.165) is 36.1 Å². The molecule has 0 heterocycles. The van der Waals surface area contributed by atoms with Crippen molar-refractivity contribution in [3.05, 3.63) is 41.0 Å². The first-order chi connectivity index (χ1) is 12.0. The second-order valence-electron chi connectivity index (χ2n) is 7.42. The zero-order valence-corrected chi connectivity index (χ0v) is 15.3. The van der Waals surface area contributed by atoms with Crippen LogP contribution in [0.4, 0.5) is 5.69 Å². The standard InChI is InChI=1S/C21H28N2O2/c1-15-7-6-8-16(2)18(15)23-20(25)21(12-13-21)19(24)22-14-11-17-9-4-3-5-10-17/h6-9H,3-5,10-14H2,1-2H3,(H,22,24)(H,23,25). The van der Waals surface area contributed by atoms with E-state index in [9.17, 15) is 9.59 Å². The van der Waals surface area contributed by atoms with E-state index in [1.165, 1.54) is 18.4 Å². The summed E-state index contributed by atoms with van der Waals surface area (Å²) in [6.07, 6.45) is 9.31. The molecule has 0 radical (unpaired) electrons. The Labute approximate surface area is 150 Å². The van der Waals surface area contributed by atoms with Gasteiger partial charge in [-0.1, -0.05) is 29.8 Å². The lowest BCUT2D eigenvalue weighted by molar-refractivity contribution is -0.134. The predicted octanol–water partition coefficient (Wildman–Crippen LogP) is 4.03. The molecule has 4 heteroatoms. The summed E-state index contributed by atoms with van der Waals surface area (Å²) in [4.78, 5) is 25.3. The second kappa shape index (κ2) is 7.42. The van der Waals surface area contributed by atoms with E-state index in [1.54, 1.807) is 0 Å². The number of carbonyl (C=O) groups is 2. The Morgan fingerprint density at radius 1 is 1.08 bits per heavy atom. The Balaban J connectivity index is 1.56. The quantitative estimate of drug-likeness (QED) is 0.607. The van der Waals surface area contributed by atoms with E-state index >= 15 is 0 Å². The van der Waals surface area contributed by atoms with E-state index in [4.69, 9.17) is 0 Å². The Kier molecular flexibility index (Phi) is 5.26. The molecule has 0 bridgehead atoms. The minimum absolute atomic E-state index is 0.118. The monoisotopic (exact) mass is 340 g/mol. The molecule has 1 aromatic rings. The van der Waals surface area contributed by atoms with Crippen molar-refractivity contribution in [2.24, 2.45) is 5.41 Å². The topological polar surface area (TPSA) is 58.2 Å². The maximum atomic E-state index is 12.7. The van der Waals surface area contributed by atoms with E-state index in [1.807, 2.05) is 32.0 Å². The van der Waals surface area contributed by atoms with Gasteiger partial charge in [-0.2, -0.15) is 0 Å². The van der Waals surface area contributed by atoms with Crippen molar-refractivity contribution in [2.45, 2.75) is 58.8 Å². The highest BCUT2D eigenvalue weighted by molar-refractivity contribution is 6.13. The van der Waals surface area contributed by atoms with Crippen molar-refractivity contribution < 1.29 is 9.59 Å². The average molecular weight is 340 g/mol. The minimum Gasteiger partial charge on any atom is -0.355 e. The maximum Gasteiger partial charge on any atom is 0.240 e. The fourth-order valence-electron chi connectivity index (χ4n) is 3.56. The van der Waals surface area contributed by atoms with E-state index in [-0.39, 0.29) is 11.8 Å². The van der Waals surface area contributed by atoms with Gasteiger partial charge in [0.1, 0.15) is 5.41 Å².